The van der Waals surface area contributed by atoms with Gasteiger partial charge in [-0.2, -0.15) is 0 Å². The van der Waals surface area contributed by atoms with Crippen molar-refractivity contribution in [3.8, 4) is 11.8 Å². The van der Waals surface area contributed by atoms with E-state index < -0.39 is 16.1 Å². The summed E-state index contributed by atoms with van der Waals surface area (Å²) in [6.07, 6.45) is 11.3. The number of hydrogen-bond acceptors (Lipinski definition) is 9. The van der Waals surface area contributed by atoms with Crippen LogP contribution in [0.1, 0.15) is 78.4 Å². The van der Waals surface area contributed by atoms with Crippen molar-refractivity contribution in [1.82, 2.24) is 9.97 Å². The first-order valence-corrected chi connectivity index (χ1v) is 12.0. The molecule has 0 amide bonds. The molecule has 2 rings (SSSR count). The number of nitrogens with zero attached hydrogens (tertiary/aromatic N) is 3. The number of ether oxygens (including phenoxy) is 2. The standard InChI is InChI=1S/C14H16N2O4.C14H20N2O2/c1-14(2,3)20-13(17)7-5-4-6-11-8-12(16(18)19)10-15-9-11;1-14(2,3)18-13(17)7-5-4-6-11-8-12(15)10-16-9-11/h8-10H,5,7H2,1-3H3;4,6,8-10H,5,7,15H2,1-3H3/b;6-4-. The molecule has 0 atom stereocenters. The number of nitrogen functional groups attached to an aromatic ring is 1. The lowest BCUT2D eigenvalue weighted by atomic mass is 10.2. The molecule has 0 aliphatic heterocycles. The van der Waals surface area contributed by atoms with E-state index in [1.807, 2.05) is 39.0 Å². The molecule has 2 aromatic rings. The van der Waals surface area contributed by atoms with Crippen LogP contribution in [-0.4, -0.2) is 38.0 Å². The Bertz CT molecular complexity index is 1180. The minimum absolute atomic E-state index is 0.107. The van der Waals surface area contributed by atoms with Crippen LogP contribution in [0.25, 0.3) is 6.08 Å². The predicted molar refractivity (Wildman–Crippen MR) is 146 cm³/mol. The minimum atomic E-state index is -0.529. The summed E-state index contributed by atoms with van der Waals surface area (Å²) < 4.78 is 10.3. The Hall–Kier alpha value is -4.26. The van der Waals surface area contributed by atoms with Gasteiger partial charge in [0.25, 0.3) is 5.69 Å². The third-order valence-corrected chi connectivity index (χ3v) is 4.07. The van der Waals surface area contributed by atoms with E-state index in [0.29, 0.717) is 30.5 Å². The van der Waals surface area contributed by atoms with E-state index in [4.69, 9.17) is 15.2 Å². The van der Waals surface area contributed by atoms with Crippen LogP contribution < -0.4 is 5.73 Å². The van der Waals surface area contributed by atoms with Gasteiger partial charge in [-0.25, -0.2) is 0 Å². The minimum Gasteiger partial charge on any atom is -0.460 e. The van der Waals surface area contributed by atoms with Gasteiger partial charge in [0.15, 0.2) is 0 Å². The van der Waals surface area contributed by atoms with Crippen molar-refractivity contribution in [2.24, 2.45) is 0 Å². The maximum absolute atomic E-state index is 11.4. The molecular formula is C28H36N4O6. The van der Waals surface area contributed by atoms with Crippen molar-refractivity contribution in [2.75, 3.05) is 5.73 Å². The average Bonchev–Trinajstić information content (AvgIpc) is 2.78. The molecule has 0 spiro atoms. The number of anilines is 1. The summed E-state index contributed by atoms with van der Waals surface area (Å²) >= 11 is 0. The van der Waals surface area contributed by atoms with E-state index in [9.17, 15) is 19.7 Å². The quantitative estimate of drug-likeness (QED) is 0.221. The number of nitrogens with two attached hydrogens (primary N) is 1. The summed E-state index contributed by atoms with van der Waals surface area (Å²) in [5, 5.41) is 10.6. The molecule has 0 aliphatic rings. The van der Waals surface area contributed by atoms with Crippen LogP contribution in [0.4, 0.5) is 11.4 Å². The summed E-state index contributed by atoms with van der Waals surface area (Å²) in [4.78, 5) is 40.6. The van der Waals surface area contributed by atoms with Crippen LogP contribution >= 0.6 is 0 Å². The second-order valence-electron chi connectivity index (χ2n) is 10.2. The fraction of sp³-hybridized carbons (Fsp3) is 0.429. The van der Waals surface area contributed by atoms with Crippen molar-refractivity contribution in [2.45, 2.75) is 78.4 Å². The molecule has 2 N–H and O–H groups in total. The van der Waals surface area contributed by atoms with Crippen LogP contribution in [0.2, 0.25) is 0 Å². The molecule has 2 heterocycles. The third kappa shape index (κ3) is 15.7. The Balaban J connectivity index is 0.000000382. The molecule has 0 fully saturated rings. The fourth-order valence-electron chi connectivity index (χ4n) is 2.70. The smallest absolute Gasteiger partial charge is 0.307 e. The molecule has 0 radical (unpaired) electrons. The lowest BCUT2D eigenvalue weighted by molar-refractivity contribution is -0.385. The molecule has 0 aromatic carbocycles. The zero-order valence-electron chi connectivity index (χ0n) is 22.8. The predicted octanol–water partition coefficient (Wildman–Crippen LogP) is 5.26. The average molecular weight is 525 g/mol. The molecule has 38 heavy (non-hydrogen) atoms. The van der Waals surface area contributed by atoms with Gasteiger partial charge >= 0.3 is 11.9 Å². The summed E-state index contributed by atoms with van der Waals surface area (Å²) in [7, 11) is 0. The topological polar surface area (TPSA) is 148 Å². The van der Waals surface area contributed by atoms with Crippen LogP contribution in [0.15, 0.2) is 43.0 Å². The van der Waals surface area contributed by atoms with Crippen molar-refractivity contribution in [3.05, 3.63) is 64.2 Å². The van der Waals surface area contributed by atoms with Crippen molar-refractivity contribution in [1.29, 1.82) is 0 Å². The number of rotatable bonds is 7. The Labute approximate surface area is 223 Å². The highest BCUT2D eigenvalue weighted by Crippen LogP contribution is 2.12. The van der Waals surface area contributed by atoms with Crippen LogP contribution in [0, 0.1) is 22.0 Å². The Morgan fingerprint density at radius 2 is 1.58 bits per heavy atom. The molecule has 10 heteroatoms. The van der Waals surface area contributed by atoms with Gasteiger partial charge in [0.2, 0.25) is 0 Å². The Kier molecular flexibility index (Phi) is 12.6. The maximum atomic E-state index is 11.4. The number of carbonyl (C=O) groups excluding carboxylic acids is 2. The summed E-state index contributed by atoms with van der Waals surface area (Å²) in [5.74, 6) is 5.01. The first-order valence-electron chi connectivity index (χ1n) is 12.0. The SMILES string of the molecule is CC(C)(C)OC(=O)CC/C=C\c1cncc(N)c1.CC(C)(C)OC(=O)CCC#Cc1cncc([N+](=O)[O-])c1. The second-order valence-corrected chi connectivity index (χ2v) is 10.2. The van der Waals surface area contributed by atoms with Crippen molar-refractivity contribution >= 4 is 29.4 Å². The number of nitro groups is 1. The summed E-state index contributed by atoms with van der Waals surface area (Å²) in [6.45, 7) is 11.0. The van der Waals surface area contributed by atoms with Crippen molar-refractivity contribution in [3.63, 3.8) is 0 Å². The monoisotopic (exact) mass is 524 g/mol. The molecule has 204 valence electrons. The van der Waals surface area contributed by atoms with E-state index in [0.717, 1.165) is 11.8 Å². The van der Waals surface area contributed by atoms with Crippen LogP contribution in [0.5, 0.6) is 0 Å². The fourth-order valence-corrected chi connectivity index (χ4v) is 2.70. The number of aromatic nitrogens is 2. The zero-order valence-corrected chi connectivity index (χ0v) is 22.8. The molecule has 0 saturated heterocycles. The van der Waals surface area contributed by atoms with Gasteiger partial charge in [0.1, 0.15) is 17.4 Å². The molecule has 0 saturated carbocycles. The highest BCUT2D eigenvalue weighted by atomic mass is 16.6. The molecule has 0 unspecified atom stereocenters. The number of allylic oxidation sites excluding steroid dienone is 1. The van der Waals surface area contributed by atoms with Crippen molar-refractivity contribution < 1.29 is 24.0 Å². The van der Waals surface area contributed by atoms with Gasteiger partial charge < -0.3 is 15.2 Å². The van der Waals surface area contributed by atoms with Gasteiger partial charge in [0, 0.05) is 43.1 Å². The highest BCUT2D eigenvalue weighted by molar-refractivity contribution is 5.70. The highest BCUT2D eigenvalue weighted by Gasteiger charge is 2.16. The largest absolute Gasteiger partial charge is 0.460 e. The first-order chi connectivity index (χ1) is 17.6. The Morgan fingerprint density at radius 1 is 0.974 bits per heavy atom. The van der Waals surface area contributed by atoms with E-state index in [-0.39, 0.29) is 24.0 Å². The summed E-state index contributed by atoms with van der Waals surface area (Å²) in [6, 6.07) is 3.17. The maximum Gasteiger partial charge on any atom is 0.307 e. The molecular weight excluding hydrogens is 488 g/mol. The van der Waals surface area contributed by atoms with Gasteiger partial charge in [-0.1, -0.05) is 24.0 Å². The molecule has 0 bridgehead atoms. The number of carbonyl (C=O) groups is 2. The van der Waals surface area contributed by atoms with E-state index in [2.05, 4.69) is 21.8 Å². The Morgan fingerprint density at radius 3 is 2.16 bits per heavy atom. The van der Waals surface area contributed by atoms with E-state index in [1.165, 1.54) is 12.3 Å². The van der Waals surface area contributed by atoms with Gasteiger partial charge in [-0.05, 0) is 59.6 Å². The zero-order chi connectivity index (χ0) is 28.8. The normalized spacial score (nSPS) is 11.0. The lowest BCUT2D eigenvalue weighted by Gasteiger charge is -2.19. The van der Waals surface area contributed by atoms with Gasteiger partial charge in [-0.15, -0.1) is 0 Å². The van der Waals surface area contributed by atoms with Gasteiger partial charge in [0.05, 0.1) is 17.0 Å². The van der Waals surface area contributed by atoms with E-state index in [1.54, 1.807) is 33.2 Å². The lowest BCUT2D eigenvalue weighted by Crippen LogP contribution is -2.23. The molecule has 0 aliphatic carbocycles. The molecule has 2 aromatic heterocycles. The number of hydrogen-bond donors (Lipinski definition) is 1. The van der Waals surface area contributed by atoms with Crippen LogP contribution in [-0.2, 0) is 19.1 Å². The first kappa shape index (κ1) is 31.8. The summed E-state index contributed by atoms with van der Waals surface area (Å²) in [5.41, 5.74) is 6.59. The van der Waals surface area contributed by atoms with Crippen LogP contribution in [0.3, 0.4) is 0 Å². The van der Waals surface area contributed by atoms with Gasteiger partial charge in [-0.3, -0.25) is 29.7 Å². The number of pyridine rings is 2. The van der Waals surface area contributed by atoms with E-state index >= 15 is 0 Å². The third-order valence-electron chi connectivity index (χ3n) is 4.07. The number of esters is 2. The second kappa shape index (κ2) is 15.1. The molecule has 10 nitrogen and oxygen atoms in total.